The first-order chi connectivity index (χ1) is 11.7. The minimum atomic E-state index is -0.335. The number of piperidine rings is 1. The lowest BCUT2D eigenvalue weighted by Crippen LogP contribution is -2.50. The summed E-state index contributed by atoms with van der Waals surface area (Å²) in [6.07, 6.45) is 6.00. The minimum Gasteiger partial charge on any atom is -0.492 e. The number of nitrogens with zero attached hydrogens (tertiary/aromatic N) is 1. The number of amides is 1. The van der Waals surface area contributed by atoms with Crippen LogP contribution in [0.5, 0.6) is 0 Å². The quantitative estimate of drug-likeness (QED) is 0.813. The second kappa shape index (κ2) is 6.02. The normalized spacial score (nSPS) is 23.2. The van der Waals surface area contributed by atoms with E-state index in [9.17, 15) is 4.79 Å². The molecule has 24 heavy (non-hydrogen) atoms. The fourth-order valence-electron chi connectivity index (χ4n) is 3.55. The van der Waals surface area contributed by atoms with Crippen molar-refractivity contribution < 1.29 is 13.9 Å². The fraction of sp³-hybridized carbons (Fsp3) is 0.316. The number of benzene rings is 1. The standard InChI is InChI=1S/C19H18ClNO3/c20-16-5-1-4-14(10-16)15-11-19(24-12-15)7-3-8-21(13-19)18(22)17-6-2-9-23-17/h1-2,4-6,9-10,12H,3,7-8,11,13H2. The third kappa shape index (κ3) is 2.82. The van der Waals surface area contributed by atoms with E-state index in [0.29, 0.717) is 17.3 Å². The summed E-state index contributed by atoms with van der Waals surface area (Å²) < 4.78 is 11.3. The number of hydrogen-bond acceptors (Lipinski definition) is 3. The van der Waals surface area contributed by atoms with Crippen LogP contribution in [0.1, 0.15) is 35.4 Å². The molecule has 0 radical (unpaired) electrons. The lowest BCUT2D eigenvalue weighted by Gasteiger charge is -2.39. The third-order valence-corrected chi connectivity index (χ3v) is 4.95. The zero-order valence-electron chi connectivity index (χ0n) is 13.2. The molecule has 1 atom stereocenters. The predicted octanol–water partition coefficient (Wildman–Crippen LogP) is 4.37. The van der Waals surface area contributed by atoms with E-state index >= 15 is 0 Å². The van der Waals surface area contributed by atoms with Gasteiger partial charge >= 0.3 is 0 Å². The molecular weight excluding hydrogens is 326 g/mol. The number of carbonyl (C=O) groups excluding carboxylic acids is 1. The fourth-order valence-corrected chi connectivity index (χ4v) is 3.74. The SMILES string of the molecule is O=C(c1ccco1)N1CCCC2(CC(c3cccc(Cl)c3)=CO2)C1. The summed E-state index contributed by atoms with van der Waals surface area (Å²) in [7, 11) is 0. The average Bonchev–Trinajstić information content (AvgIpc) is 3.25. The average molecular weight is 344 g/mol. The number of ether oxygens (including phenoxy) is 1. The summed E-state index contributed by atoms with van der Waals surface area (Å²) in [5, 5.41) is 0.715. The van der Waals surface area contributed by atoms with Gasteiger partial charge in [-0.25, -0.2) is 0 Å². The van der Waals surface area contributed by atoms with Crippen LogP contribution in [-0.2, 0) is 4.74 Å². The van der Waals surface area contributed by atoms with Gasteiger partial charge in [0.2, 0.25) is 0 Å². The Bertz CT molecular complexity index is 784. The molecule has 3 heterocycles. The molecule has 1 amide bonds. The molecule has 2 aromatic rings. The second-order valence-electron chi connectivity index (χ2n) is 6.44. The smallest absolute Gasteiger partial charge is 0.289 e. The Hall–Kier alpha value is -2.20. The van der Waals surface area contributed by atoms with Crippen LogP contribution in [0.3, 0.4) is 0 Å². The number of carbonyl (C=O) groups is 1. The van der Waals surface area contributed by atoms with Gasteiger partial charge in [0.25, 0.3) is 5.91 Å². The van der Waals surface area contributed by atoms with Gasteiger partial charge in [-0.15, -0.1) is 0 Å². The van der Waals surface area contributed by atoms with Crippen molar-refractivity contribution in [3.8, 4) is 0 Å². The Morgan fingerprint density at radius 3 is 2.96 bits per heavy atom. The van der Waals surface area contributed by atoms with Crippen LogP contribution in [0.25, 0.3) is 5.57 Å². The van der Waals surface area contributed by atoms with Gasteiger partial charge in [-0.2, -0.15) is 0 Å². The first-order valence-corrected chi connectivity index (χ1v) is 8.49. The zero-order chi connectivity index (χ0) is 16.6. The van der Waals surface area contributed by atoms with Crippen LogP contribution < -0.4 is 0 Å². The highest BCUT2D eigenvalue weighted by atomic mass is 35.5. The van der Waals surface area contributed by atoms with E-state index in [2.05, 4.69) is 0 Å². The van der Waals surface area contributed by atoms with E-state index in [0.717, 1.165) is 36.9 Å². The van der Waals surface area contributed by atoms with Gasteiger partial charge in [0.05, 0.1) is 19.1 Å². The molecule has 1 aromatic carbocycles. The zero-order valence-corrected chi connectivity index (χ0v) is 14.0. The molecule has 4 rings (SSSR count). The molecule has 0 N–H and O–H groups in total. The first-order valence-electron chi connectivity index (χ1n) is 8.11. The van der Waals surface area contributed by atoms with E-state index in [-0.39, 0.29) is 11.5 Å². The van der Waals surface area contributed by atoms with Crippen molar-refractivity contribution in [3.63, 3.8) is 0 Å². The van der Waals surface area contributed by atoms with Crippen LogP contribution in [0.15, 0.2) is 53.3 Å². The molecule has 0 aliphatic carbocycles. The minimum absolute atomic E-state index is 0.0705. The van der Waals surface area contributed by atoms with Gasteiger partial charge in [-0.05, 0) is 48.2 Å². The number of halogens is 1. The summed E-state index contributed by atoms with van der Waals surface area (Å²) in [4.78, 5) is 14.4. The molecule has 0 bridgehead atoms. The summed E-state index contributed by atoms with van der Waals surface area (Å²) in [6.45, 7) is 1.31. The number of furan rings is 1. The summed E-state index contributed by atoms with van der Waals surface area (Å²) in [6, 6.07) is 11.2. The Morgan fingerprint density at radius 2 is 2.17 bits per heavy atom. The van der Waals surface area contributed by atoms with Crippen molar-refractivity contribution in [1.29, 1.82) is 0 Å². The third-order valence-electron chi connectivity index (χ3n) is 4.72. The van der Waals surface area contributed by atoms with Crippen LogP contribution in [0.2, 0.25) is 5.02 Å². The van der Waals surface area contributed by atoms with Gasteiger partial charge in [0.1, 0.15) is 5.60 Å². The number of rotatable bonds is 2. The van der Waals surface area contributed by atoms with Crippen molar-refractivity contribution in [2.45, 2.75) is 24.9 Å². The molecule has 124 valence electrons. The Kier molecular flexibility index (Phi) is 3.85. The highest BCUT2D eigenvalue weighted by Crippen LogP contribution is 2.41. The molecule has 5 heteroatoms. The predicted molar refractivity (Wildman–Crippen MR) is 91.7 cm³/mol. The molecule has 1 spiro atoms. The maximum Gasteiger partial charge on any atom is 0.289 e. The lowest BCUT2D eigenvalue weighted by molar-refractivity contribution is -0.0198. The maximum atomic E-state index is 12.5. The monoisotopic (exact) mass is 343 g/mol. The summed E-state index contributed by atoms with van der Waals surface area (Å²) >= 11 is 6.09. The van der Waals surface area contributed by atoms with Gasteiger partial charge in [-0.3, -0.25) is 4.79 Å². The van der Waals surface area contributed by atoms with E-state index in [1.807, 2.05) is 35.4 Å². The van der Waals surface area contributed by atoms with Gasteiger partial charge in [0, 0.05) is 18.0 Å². The van der Waals surface area contributed by atoms with Crippen molar-refractivity contribution in [2.24, 2.45) is 0 Å². The van der Waals surface area contributed by atoms with Gasteiger partial charge in [-0.1, -0.05) is 23.7 Å². The van der Waals surface area contributed by atoms with E-state index in [1.54, 1.807) is 12.1 Å². The highest BCUT2D eigenvalue weighted by molar-refractivity contribution is 6.30. The molecule has 1 saturated heterocycles. The molecule has 2 aliphatic heterocycles. The Balaban J connectivity index is 1.50. The van der Waals surface area contributed by atoms with Crippen LogP contribution in [0.4, 0.5) is 0 Å². The highest BCUT2D eigenvalue weighted by Gasteiger charge is 2.42. The topological polar surface area (TPSA) is 42.7 Å². The number of hydrogen-bond donors (Lipinski definition) is 0. The van der Waals surface area contributed by atoms with Crippen LogP contribution in [-0.4, -0.2) is 29.5 Å². The largest absolute Gasteiger partial charge is 0.492 e. The van der Waals surface area contributed by atoms with E-state index in [4.69, 9.17) is 20.8 Å². The van der Waals surface area contributed by atoms with Crippen LogP contribution in [0, 0.1) is 0 Å². The lowest BCUT2D eigenvalue weighted by atomic mass is 9.86. The molecule has 1 fully saturated rings. The van der Waals surface area contributed by atoms with E-state index in [1.165, 1.54) is 6.26 Å². The number of likely N-dealkylation sites (tertiary alicyclic amines) is 1. The van der Waals surface area contributed by atoms with Gasteiger partial charge in [0.15, 0.2) is 5.76 Å². The molecule has 1 aromatic heterocycles. The van der Waals surface area contributed by atoms with Crippen LogP contribution >= 0.6 is 11.6 Å². The molecule has 1 unspecified atom stereocenters. The van der Waals surface area contributed by atoms with Crippen molar-refractivity contribution in [2.75, 3.05) is 13.1 Å². The summed E-state index contributed by atoms with van der Waals surface area (Å²) in [5.41, 5.74) is 1.87. The Morgan fingerprint density at radius 1 is 1.25 bits per heavy atom. The van der Waals surface area contributed by atoms with Crippen molar-refractivity contribution in [1.82, 2.24) is 4.90 Å². The van der Waals surface area contributed by atoms with Crippen molar-refractivity contribution in [3.05, 3.63) is 65.3 Å². The molecule has 4 nitrogen and oxygen atoms in total. The van der Waals surface area contributed by atoms with Crippen molar-refractivity contribution >= 4 is 23.1 Å². The summed E-state index contributed by atoms with van der Waals surface area (Å²) in [5.74, 6) is 0.312. The molecular formula is C19H18ClNO3. The maximum absolute atomic E-state index is 12.5. The first kappa shape index (κ1) is 15.3. The molecule has 0 saturated carbocycles. The Labute approximate surface area is 145 Å². The second-order valence-corrected chi connectivity index (χ2v) is 6.88. The molecule has 2 aliphatic rings. The van der Waals surface area contributed by atoms with Gasteiger partial charge < -0.3 is 14.1 Å². The van der Waals surface area contributed by atoms with E-state index < -0.39 is 0 Å².